The van der Waals surface area contributed by atoms with Crippen molar-refractivity contribution in [2.75, 3.05) is 18.5 Å². The van der Waals surface area contributed by atoms with Gasteiger partial charge in [0.15, 0.2) is 5.82 Å². The fraction of sp³-hybridized carbons (Fsp3) is 0.357. The second-order valence-corrected chi connectivity index (χ2v) is 4.91. The molecule has 0 aliphatic carbocycles. The van der Waals surface area contributed by atoms with E-state index in [0.29, 0.717) is 31.9 Å². The number of ether oxygens (including phenoxy) is 1. The Balaban J connectivity index is 2.00. The molecule has 6 heteroatoms. The minimum Gasteiger partial charge on any atom is -0.480 e. The molecule has 2 heterocycles. The lowest BCUT2D eigenvalue weighted by molar-refractivity contribution is -0.145. The molecule has 1 aromatic heterocycles. The van der Waals surface area contributed by atoms with Gasteiger partial charge in [-0.25, -0.2) is 4.79 Å². The standard InChI is InChI=1S/C14H15N3O3/c18-13(19)14(5-7-20-8-6-14)16-12-11-4-2-1-3-10(11)9-15-17-12/h1-4,9H,5-8H2,(H,16,17)(H,18,19). The Morgan fingerprint density at radius 3 is 2.80 bits per heavy atom. The number of fused-ring (bicyclic) bond motifs is 1. The van der Waals surface area contributed by atoms with Gasteiger partial charge in [-0.2, -0.15) is 5.10 Å². The molecule has 104 valence electrons. The number of aliphatic carboxylic acids is 1. The van der Waals surface area contributed by atoms with E-state index in [-0.39, 0.29) is 0 Å². The lowest BCUT2D eigenvalue weighted by Gasteiger charge is -2.34. The van der Waals surface area contributed by atoms with Gasteiger partial charge in [0.1, 0.15) is 5.54 Å². The van der Waals surface area contributed by atoms with Crippen LogP contribution in [0.4, 0.5) is 5.82 Å². The van der Waals surface area contributed by atoms with Gasteiger partial charge >= 0.3 is 5.97 Å². The summed E-state index contributed by atoms with van der Waals surface area (Å²) in [5.41, 5.74) is -1.03. The van der Waals surface area contributed by atoms with E-state index in [1.54, 1.807) is 6.20 Å². The molecular formula is C14H15N3O3. The van der Waals surface area contributed by atoms with Crippen LogP contribution in [0.15, 0.2) is 30.5 Å². The zero-order valence-electron chi connectivity index (χ0n) is 10.9. The molecule has 1 fully saturated rings. The lowest BCUT2D eigenvalue weighted by atomic mass is 9.90. The molecule has 2 aromatic rings. The van der Waals surface area contributed by atoms with Crippen LogP contribution in [0.25, 0.3) is 10.8 Å². The summed E-state index contributed by atoms with van der Waals surface area (Å²) in [7, 11) is 0. The van der Waals surface area contributed by atoms with Gasteiger partial charge in [0.2, 0.25) is 0 Å². The normalized spacial score (nSPS) is 17.8. The van der Waals surface area contributed by atoms with Crippen molar-refractivity contribution in [3.05, 3.63) is 30.5 Å². The third-order valence-corrected chi connectivity index (χ3v) is 3.68. The van der Waals surface area contributed by atoms with Crippen LogP contribution in [0.3, 0.4) is 0 Å². The fourth-order valence-corrected chi connectivity index (χ4v) is 2.46. The van der Waals surface area contributed by atoms with Crippen LogP contribution in [0.1, 0.15) is 12.8 Å². The molecule has 20 heavy (non-hydrogen) atoms. The monoisotopic (exact) mass is 273 g/mol. The van der Waals surface area contributed by atoms with Crippen LogP contribution in [0.2, 0.25) is 0 Å². The average molecular weight is 273 g/mol. The van der Waals surface area contributed by atoms with Gasteiger partial charge in [-0.15, -0.1) is 5.10 Å². The van der Waals surface area contributed by atoms with Crippen LogP contribution in [0.5, 0.6) is 0 Å². The Bertz CT molecular complexity index is 633. The van der Waals surface area contributed by atoms with E-state index in [0.717, 1.165) is 10.8 Å². The first-order valence-electron chi connectivity index (χ1n) is 6.51. The van der Waals surface area contributed by atoms with Gasteiger partial charge in [0.25, 0.3) is 0 Å². The number of carbonyl (C=O) groups is 1. The van der Waals surface area contributed by atoms with E-state index in [1.807, 2.05) is 24.3 Å². The molecule has 0 amide bonds. The van der Waals surface area contributed by atoms with E-state index in [4.69, 9.17) is 4.74 Å². The summed E-state index contributed by atoms with van der Waals surface area (Å²) < 4.78 is 5.26. The molecule has 1 saturated heterocycles. The zero-order valence-corrected chi connectivity index (χ0v) is 10.9. The second-order valence-electron chi connectivity index (χ2n) is 4.91. The minimum atomic E-state index is -1.03. The van der Waals surface area contributed by atoms with E-state index in [2.05, 4.69) is 15.5 Å². The van der Waals surface area contributed by atoms with Crippen molar-refractivity contribution >= 4 is 22.6 Å². The average Bonchev–Trinajstić information content (AvgIpc) is 2.48. The number of nitrogens with zero attached hydrogens (tertiary/aromatic N) is 2. The molecule has 3 rings (SSSR count). The smallest absolute Gasteiger partial charge is 0.329 e. The van der Waals surface area contributed by atoms with Gasteiger partial charge in [0.05, 0.1) is 6.20 Å². The summed E-state index contributed by atoms with van der Waals surface area (Å²) in [6.45, 7) is 0.856. The summed E-state index contributed by atoms with van der Waals surface area (Å²) in [5.74, 6) is -0.372. The Kier molecular flexibility index (Phi) is 3.23. The topological polar surface area (TPSA) is 84.3 Å². The molecule has 1 aromatic carbocycles. The van der Waals surface area contributed by atoms with Crippen molar-refractivity contribution in [2.24, 2.45) is 0 Å². The van der Waals surface area contributed by atoms with Gasteiger partial charge < -0.3 is 15.2 Å². The Hall–Kier alpha value is -2.21. The van der Waals surface area contributed by atoms with E-state index in [9.17, 15) is 9.90 Å². The number of hydrogen-bond acceptors (Lipinski definition) is 5. The number of nitrogens with one attached hydrogen (secondary N) is 1. The minimum absolute atomic E-state index is 0.410. The molecule has 6 nitrogen and oxygen atoms in total. The molecule has 0 unspecified atom stereocenters. The maximum Gasteiger partial charge on any atom is 0.329 e. The maximum atomic E-state index is 11.7. The third-order valence-electron chi connectivity index (χ3n) is 3.68. The number of carboxylic acid groups (broad SMARTS) is 1. The zero-order chi connectivity index (χ0) is 14.0. The van der Waals surface area contributed by atoms with Gasteiger partial charge in [0, 0.05) is 36.8 Å². The Morgan fingerprint density at radius 1 is 1.30 bits per heavy atom. The van der Waals surface area contributed by atoms with Crippen LogP contribution >= 0.6 is 0 Å². The van der Waals surface area contributed by atoms with Crippen LogP contribution in [-0.4, -0.2) is 40.0 Å². The number of aromatic nitrogens is 2. The largest absolute Gasteiger partial charge is 0.480 e. The van der Waals surface area contributed by atoms with Crippen molar-refractivity contribution in [2.45, 2.75) is 18.4 Å². The number of carboxylic acids is 1. The maximum absolute atomic E-state index is 11.7. The number of benzene rings is 1. The van der Waals surface area contributed by atoms with Crippen molar-refractivity contribution in [1.29, 1.82) is 0 Å². The van der Waals surface area contributed by atoms with Gasteiger partial charge in [-0.05, 0) is 0 Å². The Labute approximate surface area is 115 Å². The molecule has 0 radical (unpaired) electrons. The molecule has 1 aliphatic rings. The number of rotatable bonds is 3. The predicted molar refractivity (Wildman–Crippen MR) is 73.6 cm³/mol. The summed E-state index contributed by atoms with van der Waals surface area (Å²) in [6, 6.07) is 7.63. The van der Waals surface area contributed by atoms with Crippen molar-refractivity contribution in [1.82, 2.24) is 10.2 Å². The van der Waals surface area contributed by atoms with E-state index < -0.39 is 11.5 Å². The van der Waals surface area contributed by atoms with Crippen LogP contribution in [0, 0.1) is 0 Å². The van der Waals surface area contributed by atoms with Crippen molar-refractivity contribution < 1.29 is 14.6 Å². The highest BCUT2D eigenvalue weighted by atomic mass is 16.5. The van der Waals surface area contributed by atoms with Crippen LogP contribution < -0.4 is 5.32 Å². The molecule has 2 N–H and O–H groups in total. The van der Waals surface area contributed by atoms with Gasteiger partial charge in [-0.3, -0.25) is 0 Å². The van der Waals surface area contributed by atoms with Crippen molar-refractivity contribution in [3.8, 4) is 0 Å². The summed E-state index contributed by atoms with van der Waals surface area (Å²) >= 11 is 0. The molecule has 0 spiro atoms. The molecule has 1 aliphatic heterocycles. The predicted octanol–water partition coefficient (Wildman–Crippen LogP) is 1.68. The quantitative estimate of drug-likeness (QED) is 0.885. The van der Waals surface area contributed by atoms with Crippen molar-refractivity contribution in [3.63, 3.8) is 0 Å². The first-order valence-corrected chi connectivity index (χ1v) is 6.51. The third kappa shape index (κ3) is 2.18. The summed E-state index contributed by atoms with van der Waals surface area (Å²) in [6.07, 6.45) is 2.48. The number of hydrogen-bond donors (Lipinski definition) is 2. The molecule has 0 atom stereocenters. The lowest BCUT2D eigenvalue weighted by Crippen LogP contribution is -2.50. The highest BCUT2D eigenvalue weighted by molar-refractivity contribution is 5.93. The Morgan fingerprint density at radius 2 is 2.05 bits per heavy atom. The van der Waals surface area contributed by atoms with E-state index >= 15 is 0 Å². The fourth-order valence-electron chi connectivity index (χ4n) is 2.46. The second kappa shape index (κ2) is 5.05. The molecule has 0 saturated carbocycles. The summed E-state index contributed by atoms with van der Waals surface area (Å²) in [5, 5.41) is 22.4. The molecular weight excluding hydrogens is 258 g/mol. The highest BCUT2D eigenvalue weighted by Crippen LogP contribution is 2.28. The highest BCUT2D eigenvalue weighted by Gasteiger charge is 2.40. The molecule has 0 bridgehead atoms. The first-order chi connectivity index (χ1) is 9.71. The first kappa shape index (κ1) is 12.8. The van der Waals surface area contributed by atoms with Gasteiger partial charge in [-0.1, -0.05) is 24.3 Å². The number of anilines is 1. The summed E-state index contributed by atoms with van der Waals surface area (Å²) in [4.78, 5) is 11.7. The van der Waals surface area contributed by atoms with Crippen LogP contribution in [-0.2, 0) is 9.53 Å². The SMILES string of the molecule is O=C(O)C1(Nc2nncc3ccccc23)CCOCC1. The van der Waals surface area contributed by atoms with E-state index in [1.165, 1.54) is 0 Å².